The summed E-state index contributed by atoms with van der Waals surface area (Å²) in [6, 6.07) is 23.1. The highest BCUT2D eigenvalue weighted by atomic mass is 32.2. The van der Waals surface area contributed by atoms with Crippen LogP contribution >= 0.6 is 11.8 Å². The van der Waals surface area contributed by atoms with E-state index in [1.54, 1.807) is 20.4 Å². The van der Waals surface area contributed by atoms with E-state index in [0.717, 1.165) is 39.2 Å². The summed E-state index contributed by atoms with van der Waals surface area (Å²) in [5, 5.41) is 14.5. The lowest BCUT2D eigenvalue weighted by atomic mass is 10.2. The molecule has 0 spiro atoms. The number of thioether (sulfide) groups is 1. The Kier molecular flexibility index (Phi) is 7.18. The molecule has 0 atom stereocenters. The number of carbonyl (C=O) groups excluding carboxylic acids is 1. The van der Waals surface area contributed by atoms with E-state index in [2.05, 4.69) is 25.7 Å². The Bertz CT molecular complexity index is 1540. The van der Waals surface area contributed by atoms with Crippen molar-refractivity contribution in [2.75, 3.05) is 20.0 Å². The largest absolute Gasteiger partial charge is 0.497 e. The molecule has 2 N–H and O–H groups in total. The second-order valence-corrected chi connectivity index (χ2v) is 8.88. The predicted molar refractivity (Wildman–Crippen MR) is 145 cm³/mol. The molecule has 0 fully saturated rings. The minimum Gasteiger partial charge on any atom is -0.497 e. The van der Waals surface area contributed by atoms with Gasteiger partial charge in [0.25, 0.3) is 5.91 Å². The maximum atomic E-state index is 12.5. The van der Waals surface area contributed by atoms with Crippen LogP contribution in [0.5, 0.6) is 11.5 Å². The third kappa shape index (κ3) is 5.34. The van der Waals surface area contributed by atoms with Crippen molar-refractivity contribution in [3.05, 3.63) is 84.6 Å². The number of rotatable bonds is 9. The number of benzene rings is 3. The fourth-order valence-corrected chi connectivity index (χ4v) is 4.54. The summed E-state index contributed by atoms with van der Waals surface area (Å²) in [5.41, 5.74) is 6.20. The third-order valence-electron chi connectivity index (χ3n) is 5.66. The Morgan fingerprint density at radius 1 is 1.00 bits per heavy atom. The van der Waals surface area contributed by atoms with Crippen LogP contribution in [0.2, 0.25) is 0 Å². The molecule has 2 aromatic heterocycles. The van der Waals surface area contributed by atoms with Crippen LogP contribution in [0.1, 0.15) is 5.56 Å². The highest BCUT2D eigenvalue weighted by Gasteiger charge is 2.17. The number of hydrogen-bond donors (Lipinski definition) is 2. The minimum absolute atomic E-state index is 0.113. The van der Waals surface area contributed by atoms with Crippen LogP contribution < -0.4 is 14.9 Å². The molecular formula is C27H24N6O3S. The normalized spacial score (nSPS) is 11.2. The number of methoxy groups -OCH3 is 2. The lowest BCUT2D eigenvalue weighted by Crippen LogP contribution is -2.20. The van der Waals surface area contributed by atoms with Crippen molar-refractivity contribution in [3.63, 3.8) is 0 Å². The number of carbonyl (C=O) groups is 1. The van der Waals surface area contributed by atoms with E-state index < -0.39 is 0 Å². The number of hydrazone groups is 1. The number of fused-ring (bicyclic) bond motifs is 1. The SMILES string of the molecule is COc1ccc(-c2nnc(SCC(=O)NN=Cc3c[nH]c4ccccc34)n2-c2ccc(OC)cc2)cc1. The molecule has 186 valence electrons. The Morgan fingerprint density at radius 3 is 2.43 bits per heavy atom. The van der Waals surface area contributed by atoms with Gasteiger partial charge in [-0.2, -0.15) is 5.10 Å². The summed E-state index contributed by atoms with van der Waals surface area (Å²) < 4.78 is 12.5. The van der Waals surface area contributed by atoms with Gasteiger partial charge in [-0.1, -0.05) is 30.0 Å². The highest BCUT2D eigenvalue weighted by Crippen LogP contribution is 2.29. The second-order valence-electron chi connectivity index (χ2n) is 7.94. The number of ether oxygens (including phenoxy) is 2. The van der Waals surface area contributed by atoms with Gasteiger partial charge in [0.1, 0.15) is 11.5 Å². The summed E-state index contributed by atoms with van der Waals surface area (Å²) in [4.78, 5) is 15.7. The van der Waals surface area contributed by atoms with Crippen molar-refractivity contribution in [2.45, 2.75) is 5.16 Å². The monoisotopic (exact) mass is 512 g/mol. The van der Waals surface area contributed by atoms with Gasteiger partial charge in [0, 0.05) is 33.9 Å². The quantitative estimate of drug-likeness (QED) is 0.169. The first-order chi connectivity index (χ1) is 18.2. The molecule has 9 nitrogen and oxygen atoms in total. The van der Waals surface area contributed by atoms with Crippen LogP contribution in [-0.2, 0) is 4.79 Å². The van der Waals surface area contributed by atoms with Gasteiger partial charge < -0.3 is 14.5 Å². The maximum Gasteiger partial charge on any atom is 0.250 e. The standard InChI is InChI=1S/C27H24N6O3S/c1-35-21-11-7-18(8-12-21)26-31-32-27(33(26)20-9-13-22(36-2)14-10-20)37-17-25(34)30-29-16-19-15-28-24-6-4-3-5-23(19)24/h3-16,28H,17H2,1-2H3,(H,30,34). The first-order valence-electron chi connectivity index (χ1n) is 11.4. The Morgan fingerprint density at radius 2 is 1.70 bits per heavy atom. The van der Waals surface area contributed by atoms with Crippen LogP contribution in [0.4, 0.5) is 0 Å². The Hall–Kier alpha value is -4.57. The van der Waals surface area contributed by atoms with Crippen LogP contribution in [0, 0.1) is 0 Å². The molecule has 0 aliphatic carbocycles. The molecule has 5 aromatic rings. The summed E-state index contributed by atoms with van der Waals surface area (Å²) in [7, 11) is 3.25. The van der Waals surface area contributed by atoms with Gasteiger partial charge in [0.05, 0.1) is 26.2 Å². The van der Waals surface area contributed by atoms with Crippen LogP contribution in [0.25, 0.3) is 28.0 Å². The molecule has 2 heterocycles. The van der Waals surface area contributed by atoms with Crippen LogP contribution in [-0.4, -0.2) is 51.8 Å². The second kappa shape index (κ2) is 11.0. The molecule has 5 rings (SSSR count). The molecule has 0 saturated heterocycles. The number of H-pyrrole nitrogens is 1. The van der Waals surface area contributed by atoms with Crippen molar-refractivity contribution in [3.8, 4) is 28.6 Å². The molecule has 0 bridgehead atoms. The molecule has 0 radical (unpaired) electrons. The first-order valence-corrected chi connectivity index (χ1v) is 12.4. The predicted octanol–water partition coefficient (Wildman–Crippen LogP) is 4.68. The molecule has 0 aliphatic heterocycles. The zero-order chi connectivity index (χ0) is 25.6. The lowest BCUT2D eigenvalue weighted by molar-refractivity contribution is -0.118. The number of hydrogen-bond acceptors (Lipinski definition) is 7. The Labute approximate surface area is 217 Å². The molecule has 1 amide bonds. The van der Waals surface area contributed by atoms with Crippen LogP contribution in [0.15, 0.2) is 89.3 Å². The lowest BCUT2D eigenvalue weighted by Gasteiger charge is -2.11. The van der Waals surface area contributed by atoms with E-state index in [1.807, 2.05) is 83.6 Å². The maximum absolute atomic E-state index is 12.5. The van der Waals surface area contributed by atoms with E-state index >= 15 is 0 Å². The molecule has 37 heavy (non-hydrogen) atoms. The van der Waals surface area contributed by atoms with Gasteiger partial charge in [-0.15, -0.1) is 10.2 Å². The molecule has 0 aliphatic rings. The number of amides is 1. The van der Waals surface area contributed by atoms with Gasteiger partial charge >= 0.3 is 0 Å². The highest BCUT2D eigenvalue weighted by molar-refractivity contribution is 7.99. The van der Waals surface area contributed by atoms with Crippen LogP contribution in [0.3, 0.4) is 0 Å². The topological polar surface area (TPSA) is 106 Å². The number of para-hydroxylation sites is 1. The molecular weight excluding hydrogens is 488 g/mol. The fourth-order valence-electron chi connectivity index (χ4n) is 3.79. The summed E-state index contributed by atoms with van der Waals surface area (Å²) >= 11 is 1.27. The van der Waals surface area contributed by atoms with E-state index in [1.165, 1.54) is 11.8 Å². The number of aromatic nitrogens is 4. The number of nitrogens with one attached hydrogen (secondary N) is 2. The van der Waals surface area contributed by atoms with E-state index in [4.69, 9.17) is 9.47 Å². The van der Waals surface area contributed by atoms with Gasteiger partial charge in [-0.05, 0) is 54.6 Å². The van der Waals surface area contributed by atoms with Gasteiger partial charge in [0.15, 0.2) is 11.0 Å². The van der Waals surface area contributed by atoms with E-state index in [0.29, 0.717) is 11.0 Å². The fraction of sp³-hybridized carbons (Fsp3) is 0.111. The molecule has 0 unspecified atom stereocenters. The van der Waals surface area contributed by atoms with Crippen molar-refractivity contribution < 1.29 is 14.3 Å². The average molecular weight is 513 g/mol. The van der Waals surface area contributed by atoms with Gasteiger partial charge in [-0.25, -0.2) is 5.43 Å². The van der Waals surface area contributed by atoms with E-state index in [9.17, 15) is 4.79 Å². The summed E-state index contributed by atoms with van der Waals surface area (Å²) in [5.74, 6) is 2.00. The molecule has 3 aromatic carbocycles. The van der Waals surface area contributed by atoms with Crippen molar-refractivity contribution >= 4 is 34.8 Å². The van der Waals surface area contributed by atoms with Gasteiger partial charge in [0.2, 0.25) is 0 Å². The Balaban J connectivity index is 1.33. The van der Waals surface area contributed by atoms with Gasteiger partial charge in [-0.3, -0.25) is 9.36 Å². The zero-order valence-corrected chi connectivity index (χ0v) is 21.0. The number of nitrogens with zero attached hydrogens (tertiary/aromatic N) is 4. The van der Waals surface area contributed by atoms with E-state index in [-0.39, 0.29) is 11.7 Å². The summed E-state index contributed by atoms with van der Waals surface area (Å²) in [6.07, 6.45) is 3.48. The smallest absolute Gasteiger partial charge is 0.250 e. The summed E-state index contributed by atoms with van der Waals surface area (Å²) in [6.45, 7) is 0. The van der Waals surface area contributed by atoms with Crippen molar-refractivity contribution in [2.24, 2.45) is 5.10 Å². The zero-order valence-electron chi connectivity index (χ0n) is 20.2. The molecule has 0 saturated carbocycles. The van der Waals surface area contributed by atoms with Crippen molar-refractivity contribution in [1.82, 2.24) is 25.2 Å². The minimum atomic E-state index is -0.253. The average Bonchev–Trinajstić information content (AvgIpc) is 3.56. The number of aromatic amines is 1. The van der Waals surface area contributed by atoms with Crippen molar-refractivity contribution in [1.29, 1.82) is 0 Å². The first kappa shape index (κ1) is 24.1. The third-order valence-corrected chi connectivity index (χ3v) is 6.59. The molecule has 10 heteroatoms.